The average molecular weight is 280 g/mol. The fourth-order valence-corrected chi connectivity index (χ4v) is 1.77. The van der Waals surface area contributed by atoms with Crippen LogP contribution < -0.4 is 10.5 Å². The van der Waals surface area contributed by atoms with E-state index >= 15 is 0 Å². The SMILES string of the molecule is CCOc1cccc(N)c1C(=O)N(C)CCOC(C)C. The van der Waals surface area contributed by atoms with Crippen LogP contribution in [0.5, 0.6) is 5.75 Å². The van der Waals surface area contributed by atoms with Crippen LogP contribution >= 0.6 is 0 Å². The molecule has 1 aromatic carbocycles. The van der Waals surface area contributed by atoms with Crippen molar-refractivity contribution in [2.24, 2.45) is 0 Å². The van der Waals surface area contributed by atoms with Crippen molar-refractivity contribution in [3.05, 3.63) is 23.8 Å². The van der Waals surface area contributed by atoms with E-state index in [-0.39, 0.29) is 12.0 Å². The summed E-state index contributed by atoms with van der Waals surface area (Å²) in [5, 5.41) is 0. The highest BCUT2D eigenvalue weighted by atomic mass is 16.5. The second-order valence-electron chi connectivity index (χ2n) is 4.80. The fourth-order valence-electron chi connectivity index (χ4n) is 1.77. The molecule has 0 radical (unpaired) electrons. The summed E-state index contributed by atoms with van der Waals surface area (Å²) >= 11 is 0. The number of benzene rings is 1. The Hall–Kier alpha value is -1.75. The molecule has 0 aromatic heterocycles. The lowest BCUT2D eigenvalue weighted by molar-refractivity contribution is 0.0530. The van der Waals surface area contributed by atoms with Gasteiger partial charge in [-0.05, 0) is 32.9 Å². The Morgan fingerprint density at radius 3 is 2.70 bits per heavy atom. The minimum atomic E-state index is -0.154. The van der Waals surface area contributed by atoms with E-state index in [0.29, 0.717) is 36.8 Å². The molecule has 1 aromatic rings. The van der Waals surface area contributed by atoms with E-state index in [1.807, 2.05) is 20.8 Å². The summed E-state index contributed by atoms with van der Waals surface area (Å²) in [4.78, 5) is 14.0. The van der Waals surface area contributed by atoms with Gasteiger partial charge in [-0.2, -0.15) is 0 Å². The number of carbonyl (C=O) groups is 1. The van der Waals surface area contributed by atoms with Crippen molar-refractivity contribution in [3.63, 3.8) is 0 Å². The first-order valence-corrected chi connectivity index (χ1v) is 6.85. The van der Waals surface area contributed by atoms with Gasteiger partial charge in [0.05, 0.1) is 19.3 Å². The molecular weight excluding hydrogens is 256 g/mol. The molecule has 0 saturated carbocycles. The number of ether oxygens (including phenoxy) is 2. The Kier molecular flexibility index (Phi) is 6.31. The Labute approximate surface area is 120 Å². The zero-order chi connectivity index (χ0) is 15.1. The molecule has 112 valence electrons. The normalized spacial score (nSPS) is 10.7. The third-order valence-electron chi connectivity index (χ3n) is 2.80. The molecule has 0 aliphatic rings. The number of hydrogen-bond donors (Lipinski definition) is 1. The van der Waals surface area contributed by atoms with Crippen LogP contribution in [0.15, 0.2) is 18.2 Å². The lowest BCUT2D eigenvalue weighted by Crippen LogP contribution is -2.31. The first-order chi connectivity index (χ1) is 9.47. The third kappa shape index (κ3) is 4.42. The van der Waals surface area contributed by atoms with E-state index in [1.165, 1.54) is 0 Å². The van der Waals surface area contributed by atoms with Crippen LogP contribution in [0.25, 0.3) is 0 Å². The maximum absolute atomic E-state index is 12.4. The van der Waals surface area contributed by atoms with Gasteiger partial charge in [-0.1, -0.05) is 6.07 Å². The lowest BCUT2D eigenvalue weighted by Gasteiger charge is -2.20. The Morgan fingerprint density at radius 2 is 2.10 bits per heavy atom. The molecule has 20 heavy (non-hydrogen) atoms. The van der Waals surface area contributed by atoms with Crippen molar-refractivity contribution in [2.75, 3.05) is 32.5 Å². The number of carbonyl (C=O) groups excluding carboxylic acids is 1. The number of likely N-dealkylation sites (N-methyl/N-ethyl adjacent to an activating group) is 1. The smallest absolute Gasteiger partial charge is 0.259 e. The number of amides is 1. The van der Waals surface area contributed by atoms with Gasteiger partial charge in [-0.15, -0.1) is 0 Å². The molecule has 0 saturated heterocycles. The molecule has 0 atom stereocenters. The molecule has 0 aliphatic carbocycles. The summed E-state index contributed by atoms with van der Waals surface area (Å²) in [6, 6.07) is 5.23. The third-order valence-corrected chi connectivity index (χ3v) is 2.80. The van der Waals surface area contributed by atoms with Gasteiger partial charge in [-0.3, -0.25) is 4.79 Å². The van der Waals surface area contributed by atoms with E-state index in [9.17, 15) is 4.79 Å². The fraction of sp³-hybridized carbons (Fsp3) is 0.533. The van der Waals surface area contributed by atoms with Crippen LogP contribution in [0.2, 0.25) is 0 Å². The summed E-state index contributed by atoms with van der Waals surface area (Å²) in [6.45, 7) is 7.30. The van der Waals surface area contributed by atoms with E-state index in [0.717, 1.165) is 0 Å². The molecule has 0 spiro atoms. The van der Waals surface area contributed by atoms with Gasteiger partial charge >= 0.3 is 0 Å². The van der Waals surface area contributed by atoms with Gasteiger partial charge in [0.15, 0.2) is 0 Å². The highest BCUT2D eigenvalue weighted by Gasteiger charge is 2.19. The van der Waals surface area contributed by atoms with Gasteiger partial charge in [0.2, 0.25) is 0 Å². The van der Waals surface area contributed by atoms with Crippen LogP contribution in [0.4, 0.5) is 5.69 Å². The molecule has 0 heterocycles. The lowest BCUT2D eigenvalue weighted by atomic mass is 10.1. The number of nitrogen functional groups attached to an aromatic ring is 1. The van der Waals surface area contributed by atoms with Gasteiger partial charge in [0, 0.05) is 19.3 Å². The van der Waals surface area contributed by atoms with E-state index in [4.69, 9.17) is 15.2 Å². The van der Waals surface area contributed by atoms with Crippen LogP contribution in [-0.4, -0.2) is 43.7 Å². The molecule has 0 fully saturated rings. The van der Waals surface area contributed by atoms with Crippen molar-refractivity contribution in [1.29, 1.82) is 0 Å². The number of nitrogens with two attached hydrogens (primary N) is 1. The molecular formula is C15H24N2O3. The molecule has 2 N–H and O–H groups in total. The topological polar surface area (TPSA) is 64.8 Å². The highest BCUT2D eigenvalue weighted by molar-refractivity contribution is 6.01. The van der Waals surface area contributed by atoms with Gasteiger partial charge in [0.1, 0.15) is 11.3 Å². The monoisotopic (exact) mass is 280 g/mol. The van der Waals surface area contributed by atoms with E-state index < -0.39 is 0 Å². The van der Waals surface area contributed by atoms with Crippen LogP contribution in [-0.2, 0) is 4.74 Å². The number of nitrogens with zero attached hydrogens (tertiary/aromatic N) is 1. The number of rotatable bonds is 7. The van der Waals surface area contributed by atoms with Crippen LogP contribution in [0, 0.1) is 0 Å². The first-order valence-electron chi connectivity index (χ1n) is 6.85. The molecule has 0 bridgehead atoms. The summed E-state index contributed by atoms with van der Waals surface area (Å²) in [5.74, 6) is 0.369. The average Bonchev–Trinajstić information content (AvgIpc) is 2.38. The maximum atomic E-state index is 12.4. The van der Waals surface area contributed by atoms with Crippen LogP contribution in [0.3, 0.4) is 0 Å². The minimum Gasteiger partial charge on any atom is -0.493 e. The Morgan fingerprint density at radius 1 is 1.40 bits per heavy atom. The summed E-state index contributed by atoms with van der Waals surface area (Å²) in [5.41, 5.74) is 6.75. The van der Waals surface area contributed by atoms with Crippen molar-refractivity contribution < 1.29 is 14.3 Å². The predicted molar refractivity (Wildman–Crippen MR) is 80.1 cm³/mol. The van der Waals surface area contributed by atoms with Gasteiger partial charge in [-0.25, -0.2) is 0 Å². The maximum Gasteiger partial charge on any atom is 0.259 e. The zero-order valence-electron chi connectivity index (χ0n) is 12.7. The van der Waals surface area contributed by atoms with E-state index in [1.54, 1.807) is 30.1 Å². The zero-order valence-corrected chi connectivity index (χ0v) is 12.7. The molecule has 1 rings (SSSR count). The molecule has 5 heteroatoms. The van der Waals surface area contributed by atoms with Crippen molar-refractivity contribution in [3.8, 4) is 5.75 Å². The predicted octanol–water partition coefficient (Wildman–Crippen LogP) is 2.16. The van der Waals surface area contributed by atoms with Crippen molar-refractivity contribution in [2.45, 2.75) is 26.9 Å². The molecule has 1 amide bonds. The molecule has 0 aliphatic heterocycles. The molecule has 5 nitrogen and oxygen atoms in total. The number of hydrogen-bond acceptors (Lipinski definition) is 4. The second-order valence-corrected chi connectivity index (χ2v) is 4.80. The highest BCUT2D eigenvalue weighted by Crippen LogP contribution is 2.25. The summed E-state index contributed by atoms with van der Waals surface area (Å²) in [7, 11) is 1.73. The van der Waals surface area contributed by atoms with Gasteiger partial charge in [0.25, 0.3) is 5.91 Å². The standard InChI is InChI=1S/C15H24N2O3/c1-5-19-13-8-6-7-12(16)14(13)15(18)17(4)9-10-20-11(2)3/h6-8,11H,5,9-10,16H2,1-4H3. The quantitative estimate of drug-likeness (QED) is 0.777. The first kappa shape index (κ1) is 16.3. The summed E-state index contributed by atoms with van der Waals surface area (Å²) in [6.07, 6.45) is 0.152. The molecule has 0 unspecified atom stereocenters. The second kappa shape index (κ2) is 7.75. The van der Waals surface area contributed by atoms with Crippen LogP contribution in [0.1, 0.15) is 31.1 Å². The number of anilines is 1. The Bertz CT molecular complexity index is 447. The minimum absolute atomic E-state index is 0.152. The largest absolute Gasteiger partial charge is 0.493 e. The van der Waals surface area contributed by atoms with Crippen molar-refractivity contribution in [1.82, 2.24) is 4.90 Å². The van der Waals surface area contributed by atoms with Gasteiger partial charge < -0.3 is 20.1 Å². The Balaban J connectivity index is 2.80. The summed E-state index contributed by atoms with van der Waals surface area (Å²) < 4.78 is 10.9. The van der Waals surface area contributed by atoms with Crippen molar-refractivity contribution >= 4 is 11.6 Å². The van der Waals surface area contributed by atoms with E-state index in [2.05, 4.69) is 0 Å².